The molecule has 0 aliphatic rings. The number of carbonyl (C=O) groups excluding carboxylic acids is 1. The molecular formula is C8H17N2O2. The number of nitrogens with zero attached hydrogens (tertiary/aromatic N) is 1. The van der Waals surface area contributed by atoms with Gasteiger partial charge in [-0.25, -0.2) is 0 Å². The third-order valence-electron chi connectivity index (χ3n) is 1.26. The molecule has 0 aliphatic carbocycles. The second kappa shape index (κ2) is 7.06. The Morgan fingerprint density at radius 2 is 2.25 bits per heavy atom. The summed E-state index contributed by atoms with van der Waals surface area (Å²) >= 11 is 0. The highest BCUT2D eigenvalue weighted by atomic mass is 16.5. The maximum atomic E-state index is 10.9. The minimum Gasteiger partial charge on any atom is -0.372 e. The van der Waals surface area contributed by atoms with Crippen LogP contribution in [0.15, 0.2) is 0 Å². The molecule has 0 atom stereocenters. The highest BCUT2D eigenvalue weighted by molar-refractivity contribution is 5.77. The lowest BCUT2D eigenvalue weighted by atomic mass is 10.5. The molecule has 0 saturated carbocycles. The fraction of sp³-hybridized carbons (Fsp3) is 0.750. The highest BCUT2D eigenvalue weighted by Gasteiger charge is 1.98. The van der Waals surface area contributed by atoms with Gasteiger partial charge in [0.1, 0.15) is 6.61 Å². The molecule has 71 valence electrons. The van der Waals surface area contributed by atoms with E-state index in [1.54, 1.807) is 0 Å². The normalized spacial score (nSPS) is 10.3. The van der Waals surface area contributed by atoms with Gasteiger partial charge in [-0.15, -0.1) is 0 Å². The molecule has 0 spiro atoms. The Morgan fingerprint density at radius 1 is 1.58 bits per heavy atom. The molecule has 1 N–H and O–H groups in total. The number of hydrogen-bond donors (Lipinski definition) is 1. The first-order chi connectivity index (χ1) is 5.66. The summed E-state index contributed by atoms with van der Waals surface area (Å²) < 4.78 is 4.82. The SMILES string of the molecule is [CH2]COCC(=O)NCCN(C)C. The van der Waals surface area contributed by atoms with Crippen molar-refractivity contribution in [1.82, 2.24) is 10.2 Å². The molecule has 1 amide bonds. The molecule has 0 rings (SSSR count). The molecule has 0 aromatic heterocycles. The van der Waals surface area contributed by atoms with Crippen molar-refractivity contribution in [2.24, 2.45) is 0 Å². The topological polar surface area (TPSA) is 41.6 Å². The summed E-state index contributed by atoms with van der Waals surface area (Å²) in [7, 11) is 3.91. The first kappa shape index (κ1) is 11.4. The predicted molar refractivity (Wildman–Crippen MR) is 47.7 cm³/mol. The average molecular weight is 173 g/mol. The Hall–Kier alpha value is -0.610. The third kappa shape index (κ3) is 7.50. The predicted octanol–water partition coefficient (Wildman–Crippen LogP) is -0.485. The van der Waals surface area contributed by atoms with Crippen LogP contribution in [0.2, 0.25) is 0 Å². The molecule has 0 aliphatic heterocycles. The summed E-state index contributed by atoms with van der Waals surface area (Å²) in [6, 6.07) is 0. The van der Waals surface area contributed by atoms with Crippen LogP contribution in [0.5, 0.6) is 0 Å². The molecular weight excluding hydrogens is 156 g/mol. The van der Waals surface area contributed by atoms with Gasteiger partial charge in [0.15, 0.2) is 0 Å². The largest absolute Gasteiger partial charge is 0.372 e. The fourth-order valence-electron chi connectivity index (χ4n) is 0.635. The second-order valence-electron chi connectivity index (χ2n) is 2.71. The number of ether oxygens (including phenoxy) is 1. The number of likely N-dealkylation sites (N-methyl/N-ethyl adjacent to an activating group) is 1. The molecule has 0 bridgehead atoms. The first-order valence-corrected chi connectivity index (χ1v) is 3.95. The van der Waals surface area contributed by atoms with Crippen LogP contribution < -0.4 is 5.32 Å². The van der Waals surface area contributed by atoms with Gasteiger partial charge in [0, 0.05) is 19.7 Å². The standard InChI is InChI=1S/C8H17N2O2/c1-4-12-7-8(11)9-5-6-10(2)3/h1,4-7H2,2-3H3,(H,9,11). The maximum Gasteiger partial charge on any atom is 0.246 e. The Labute approximate surface area is 73.9 Å². The molecule has 4 heteroatoms. The van der Waals surface area contributed by atoms with Gasteiger partial charge in [0.2, 0.25) is 5.91 Å². The Kier molecular flexibility index (Phi) is 6.70. The molecule has 1 radical (unpaired) electrons. The number of carbonyl (C=O) groups is 1. The van der Waals surface area contributed by atoms with E-state index in [-0.39, 0.29) is 12.5 Å². The van der Waals surface area contributed by atoms with E-state index in [2.05, 4.69) is 12.2 Å². The quantitative estimate of drug-likeness (QED) is 0.589. The first-order valence-electron chi connectivity index (χ1n) is 3.95. The van der Waals surface area contributed by atoms with Gasteiger partial charge in [-0.2, -0.15) is 0 Å². The van der Waals surface area contributed by atoms with Crippen LogP contribution in [-0.4, -0.2) is 51.2 Å². The van der Waals surface area contributed by atoms with Gasteiger partial charge in [-0.1, -0.05) is 0 Å². The maximum absolute atomic E-state index is 10.9. The Bertz CT molecular complexity index is 126. The summed E-state index contributed by atoms with van der Waals surface area (Å²) in [5.74, 6) is -0.0829. The van der Waals surface area contributed by atoms with Crippen molar-refractivity contribution in [1.29, 1.82) is 0 Å². The zero-order valence-electron chi connectivity index (χ0n) is 7.80. The van der Waals surface area contributed by atoms with Gasteiger partial charge >= 0.3 is 0 Å². The molecule has 4 nitrogen and oxygen atoms in total. The van der Waals surface area contributed by atoms with Crippen molar-refractivity contribution in [2.45, 2.75) is 0 Å². The van der Waals surface area contributed by atoms with Crippen molar-refractivity contribution in [3.8, 4) is 0 Å². The van der Waals surface area contributed by atoms with Crippen LogP contribution in [-0.2, 0) is 9.53 Å². The van der Waals surface area contributed by atoms with E-state index in [0.29, 0.717) is 13.2 Å². The van der Waals surface area contributed by atoms with E-state index in [1.807, 2.05) is 19.0 Å². The molecule has 0 aromatic carbocycles. The van der Waals surface area contributed by atoms with Crippen molar-refractivity contribution >= 4 is 5.91 Å². The zero-order valence-corrected chi connectivity index (χ0v) is 7.80. The van der Waals surface area contributed by atoms with E-state index < -0.39 is 0 Å². The lowest BCUT2D eigenvalue weighted by Crippen LogP contribution is -2.33. The van der Waals surface area contributed by atoms with E-state index in [4.69, 9.17) is 4.74 Å². The zero-order chi connectivity index (χ0) is 9.40. The van der Waals surface area contributed by atoms with E-state index in [1.165, 1.54) is 0 Å². The van der Waals surface area contributed by atoms with Gasteiger partial charge in [-0.3, -0.25) is 4.79 Å². The number of hydrogen-bond acceptors (Lipinski definition) is 3. The van der Waals surface area contributed by atoms with Crippen molar-refractivity contribution < 1.29 is 9.53 Å². The van der Waals surface area contributed by atoms with Crippen molar-refractivity contribution in [3.05, 3.63) is 6.92 Å². The van der Waals surface area contributed by atoms with Crippen LogP contribution in [0, 0.1) is 6.92 Å². The van der Waals surface area contributed by atoms with Crippen LogP contribution in [0.25, 0.3) is 0 Å². The van der Waals surface area contributed by atoms with Crippen molar-refractivity contribution in [2.75, 3.05) is 40.4 Å². The summed E-state index contributed by atoms with van der Waals surface area (Å²) in [6.07, 6.45) is 0. The van der Waals surface area contributed by atoms with Gasteiger partial charge < -0.3 is 15.0 Å². The summed E-state index contributed by atoms with van der Waals surface area (Å²) in [6.45, 7) is 5.40. The van der Waals surface area contributed by atoms with Crippen LogP contribution in [0.3, 0.4) is 0 Å². The van der Waals surface area contributed by atoms with E-state index in [9.17, 15) is 4.79 Å². The lowest BCUT2D eigenvalue weighted by molar-refractivity contribution is -0.125. The van der Waals surface area contributed by atoms with Crippen LogP contribution in [0.4, 0.5) is 0 Å². The number of amides is 1. The lowest BCUT2D eigenvalue weighted by Gasteiger charge is -2.09. The van der Waals surface area contributed by atoms with Gasteiger partial charge in [0.05, 0.1) is 0 Å². The average Bonchev–Trinajstić information content (AvgIpc) is 2.00. The summed E-state index contributed by atoms with van der Waals surface area (Å²) in [4.78, 5) is 12.9. The smallest absolute Gasteiger partial charge is 0.246 e. The Morgan fingerprint density at radius 3 is 2.75 bits per heavy atom. The monoisotopic (exact) mass is 173 g/mol. The number of rotatable bonds is 6. The summed E-state index contributed by atoms with van der Waals surface area (Å²) in [5, 5.41) is 2.72. The third-order valence-corrected chi connectivity index (χ3v) is 1.26. The summed E-state index contributed by atoms with van der Waals surface area (Å²) in [5.41, 5.74) is 0. The number of nitrogens with one attached hydrogen (secondary N) is 1. The van der Waals surface area contributed by atoms with E-state index in [0.717, 1.165) is 6.54 Å². The molecule has 0 fully saturated rings. The molecule has 0 aromatic rings. The minimum atomic E-state index is -0.0829. The van der Waals surface area contributed by atoms with Gasteiger partial charge in [-0.05, 0) is 21.0 Å². The van der Waals surface area contributed by atoms with Crippen LogP contribution >= 0.6 is 0 Å². The van der Waals surface area contributed by atoms with Crippen molar-refractivity contribution in [3.63, 3.8) is 0 Å². The molecule has 0 unspecified atom stereocenters. The van der Waals surface area contributed by atoms with E-state index >= 15 is 0 Å². The molecule has 0 heterocycles. The minimum absolute atomic E-state index is 0.0829. The molecule has 12 heavy (non-hydrogen) atoms. The fourth-order valence-corrected chi connectivity index (χ4v) is 0.635. The highest BCUT2D eigenvalue weighted by Crippen LogP contribution is 1.74. The van der Waals surface area contributed by atoms with Gasteiger partial charge in [0.25, 0.3) is 0 Å². The van der Waals surface area contributed by atoms with Crippen LogP contribution in [0.1, 0.15) is 0 Å². The second-order valence-corrected chi connectivity index (χ2v) is 2.71. The Balaban J connectivity index is 3.20. The molecule has 0 saturated heterocycles.